The quantitative estimate of drug-likeness (QED) is 0.498. The Balaban J connectivity index is 1.29. The monoisotopic (exact) mass is 533 g/mol. The van der Waals surface area contributed by atoms with Crippen molar-refractivity contribution < 1.29 is 14.3 Å². The van der Waals surface area contributed by atoms with Crippen molar-refractivity contribution in [3.63, 3.8) is 0 Å². The van der Waals surface area contributed by atoms with E-state index in [0.717, 1.165) is 54.1 Å². The number of hydrogen-bond donors (Lipinski definition) is 2. The third-order valence-corrected chi connectivity index (χ3v) is 7.89. The highest BCUT2D eigenvalue weighted by Crippen LogP contribution is 2.31. The summed E-state index contributed by atoms with van der Waals surface area (Å²) in [5, 5.41) is 13.9. The predicted octanol–water partition coefficient (Wildman–Crippen LogP) is 3.34. The summed E-state index contributed by atoms with van der Waals surface area (Å²) in [4.78, 5) is 32.7. The molecule has 2 N–H and O–H groups in total. The van der Waals surface area contributed by atoms with Gasteiger partial charge in [-0.3, -0.25) is 9.78 Å². The Morgan fingerprint density at radius 3 is 2.49 bits per heavy atom. The molecule has 2 aliphatic rings. The molecule has 2 aromatic heterocycles. The van der Waals surface area contributed by atoms with Gasteiger partial charge in [0.1, 0.15) is 17.5 Å². The van der Waals surface area contributed by atoms with Crippen LogP contribution in [0.25, 0.3) is 0 Å². The predicted molar refractivity (Wildman–Crippen MR) is 150 cm³/mol. The van der Waals surface area contributed by atoms with Crippen molar-refractivity contribution in [1.29, 1.82) is 0 Å². The smallest absolute Gasteiger partial charge is 0.254 e. The number of benzene rings is 1. The van der Waals surface area contributed by atoms with E-state index in [-0.39, 0.29) is 18.6 Å². The number of aromatic nitrogens is 3. The zero-order chi connectivity index (χ0) is 27.5. The Morgan fingerprint density at radius 1 is 1.03 bits per heavy atom. The normalized spacial score (nSPS) is 18.4. The fourth-order valence-electron chi connectivity index (χ4n) is 5.84. The molecule has 0 saturated carbocycles. The van der Waals surface area contributed by atoms with Crippen LogP contribution in [-0.2, 0) is 0 Å². The van der Waals surface area contributed by atoms with Gasteiger partial charge in [0.2, 0.25) is 0 Å². The van der Waals surface area contributed by atoms with E-state index in [4.69, 9.17) is 0 Å². The Kier molecular flexibility index (Phi) is 7.92. The van der Waals surface area contributed by atoms with E-state index < -0.39 is 5.82 Å². The topological polar surface area (TPSA) is 97.7 Å². The van der Waals surface area contributed by atoms with Gasteiger partial charge in [0, 0.05) is 62.4 Å². The highest BCUT2D eigenvalue weighted by atomic mass is 19.1. The van der Waals surface area contributed by atoms with Crippen LogP contribution in [0, 0.1) is 26.6 Å². The molecule has 2 aliphatic heterocycles. The van der Waals surface area contributed by atoms with Gasteiger partial charge in [-0.05, 0) is 62.4 Å². The summed E-state index contributed by atoms with van der Waals surface area (Å²) in [7, 11) is 0. The number of carbonyl (C=O) groups excluding carboxylic acids is 1. The van der Waals surface area contributed by atoms with Crippen LogP contribution in [0.3, 0.4) is 0 Å². The van der Waals surface area contributed by atoms with Gasteiger partial charge in [0.05, 0.1) is 25.0 Å². The second kappa shape index (κ2) is 11.5. The first-order valence-electron chi connectivity index (χ1n) is 13.5. The molecule has 4 heterocycles. The number of carbonyl (C=O) groups is 1. The number of piperidine rings is 1. The van der Waals surface area contributed by atoms with Crippen LogP contribution < -0.4 is 15.1 Å². The van der Waals surface area contributed by atoms with Crippen molar-refractivity contribution in [2.24, 2.45) is 0 Å². The van der Waals surface area contributed by atoms with Gasteiger partial charge in [-0.25, -0.2) is 14.4 Å². The number of rotatable bonds is 6. The standard InChI is InChI=1S/C29H36FN7O2/c1-19-14-20(2)28(34-23-6-10-35(11-7-23)26-16-31-8-9-32-26)21(3)27(19)29(39)36-12-13-37(24(17-36)18-38)25-5-4-22(30)15-33-25/h4-5,8-9,14-16,23-24,34,38H,6-7,10-13,17-18H2,1-3H3/t24-/m0/s1. The molecular formula is C29H36FN7O2. The molecule has 2 saturated heterocycles. The van der Waals surface area contributed by atoms with Crippen LogP contribution in [0.2, 0.25) is 0 Å². The van der Waals surface area contributed by atoms with Crippen LogP contribution in [0.1, 0.15) is 39.9 Å². The van der Waals surface area contributed by atoms with Gasteiger partial charge in [0.15, 0.2) is 0 Å². The van der Waals surface area contributed by atoms with E-state index >= 15 is 0 Å². The molecular weight excluding hydrogens is 497 g/mol. The zero-order valence-corrected chi connectivity index (χ0v) is 22.8. The van der Waals surface area contributed by atoms with E-state index in [1.165, 1.54) is 12.3 Å². The van der Waals surface area contributed by atoms with Crippen molar-refractivity contribution in [1.82, 2.24) is 19.9 Å². The van der Waals surface area contributed by atoms with Gasteiger partial charge in [-0.1, -0.05) is 6.07 Å². The van der Waals surface area contributed by atoms with Crippen molar-refractivity contribution in [3.05, 3.63) is 71.1 Å². The van der Waals surface area contributed by atoms with Crippen LogP contribution in [-0.4, -0.2) is 82.3 Å². The molecule has 39 heavy (non-hydrogen) atoms. The summed E-state index contributed by atoms with van der Waals surface area (Å²) in [6.45, 7) is 9.11. The van der Waals surface area contributed by atoms with Crippen molar-refractivity contribution in [2.45, 2.75) is 45.7 Å². The number of nitrogens with one attached hydrogen (secondary N) is 1. The van der Waals surface area contributed by atoms with E-state index in [0.29, 0.717) is 37.1 Å². The average molecular weight is 534 g/mol. The Hall–Kier alpha value is -3.79. The summed E-state index contributed by atoms with van der Waals surface area (Å²) >= 11 is 0. The van der Waals surface area contributed by atoms with Gasteiger partial charge in [-0.15, -0.1) is 0 Å². The molecule has 3 aromatic rings. The summed E-state index contributed by atoms with van der Waals surface area (Å²) in [5.74, 6) is 1.07. The highest BCUT2D eigenvalue weighted by Gasteiger charge is 2.32. The first kappa shape index (κ1) is 26.8. The lowest BCUT2D eigenvalue weighted by atomic mass is 9.94. The maximum Gasteiger partial charge on any atom is 0.254 e. The number of nitrogens with zero attached hydrogens (tertiary/aromatic N) is 6. The first-order chi connectivity index (χ1) is 18.9. The van der Waals surface area contributed by atoms with Gasteiger partial charge in [0.25, 0.3) is 5.91 Å². The fourth-order valence-corrected chi connectivity index (χ4v) is 5.84. The molecule has 2 fully saturated rings. The minimum Gasteiger partial charge on any atom is -0.394 e. The molecule has 1 atom stereocenters. The molecule has 1 aromatic carbocycles. The number of halogens is 1. The number of anilines is 3. The largest absolute Gasteiger partial charge is 0.394 e. The highest BCUT2D eigenvalue weighted by molar-refractivity contribution is 5.99. The minimum absolute atomic E-state index is 0.0318. The summed E-state index contributed by atoms with van der Waals surface area (Å²) in [6.07, 6.45) is 8.31. The number of piperazine rings is 1. The van der Waals surface area contributed by atoms with Crippen LogP contribution in [0.5, 0.6) is 0 Å². The number of aliphatic hydroxyl groups is 1. The lowest BCUT2D eigenvalue weighted by Gasteiger charge is -2.41. The van der Waals surface area contributed by atoms with Crippen molar-refractivity contribution in [3.8, 4) is 0 Å². The lowest BCUT2D eigenvalue weighted by molar-refractivity contribution is 0.0697. The third-order valence-electron chi connectivity index (χ3n) is 7.89. The average Bonchev–Trinajstić information content (AvgIpc) is 2.96. The molecule has 10 heteroatoms. The molecule has 0 unspecified atom stereocenters. The minimum atomic E-state index is -0.404. The molecule has 1 amide bonds. The van der Waals surface area contributed by atoms with E-state index in [2.05, 4.69) is 38.2 Å². The molecule has 0 radical (unpaired) electrons. The number of aliphatic hydroxyl groups excluding tert-OH is 1. The number of hydrogen-bond acceptors (Lipinski definition) is 8. The van der Waals surface area contributed by atoms with Gasteiger partial charge < -0.3 is 25.1 Å². The van der Waals surface area contributed by atoms with Crippen LogP contribution in [0.15, 0.2) is 43.0 Å². The van der Waals surface area contributed by atoms with Gasteiger partial charge >= 0.3 is 0 Å². The molecule has 206 valence electrons. The summed E-state index contributed by atoms with van der Waals surface area (Å²) in [5.41, 5.74) is 4.76. The second-order valence-electron chi connectivity index (χ2n) is 10.5. The summed E-state index contributed by atoms with van der Waals surface area (Å²) < 4.78 is 13.4. The lowest BCUT2D eigenvalue weighted by Crippen LogP contribution is -2.56. The van der Waals surface area contributed by atoms with Crippen LogP contribution in [0.4, 0.5) is 21.7 Å². The third kappa shape index (κ3) is 5.66. The maximum atomic E-state index is 13.9. The molecule has 0 aliphatic carbocycles. The number of pyridine rings is 1. The number of amides is 1. The maximum absolute atomic E-state index is 13.9. The molecule has 9 nitrogen and oxygen atoms in total. The fraction of sp³-hybridized carbons (Fsp3) is 0.448. The Labute approximate surface area is 228 Å². The SMILES string of the molecule is Cc1cc(C)c(C(=O)N2CCN(c3ccc(F)cn3)[C@H](CO)C2)c(C)c1NC1CCN(c2cnccn2)CC1. The second-order valence-corrected chi connectivity index (χ2v) is 10.5. The molecule has 0 spiro atoms. The van der Waals surface area contributed by atoms with E-state index in [1.807, 2.05) is 23.6 Å². The van der Waals surface area contributed by atoms with Crippen LogP contribution >= 0.6 is 0 Å². The van der Waals surface area contributed by atoms with Crippen molar-refractivity contribution >= 4 is 23.2 Å². The number of aryl methyl sites for hydroxylation is 2. The first-order valence-corrected chi connectivity index (χ1v) is 13.5. The van der Waals surface area contributed by atoms with E-state index in [1.54, 1.807) is 24.7 Å². The van der Waals surface area contributed by atoms with Crippen molar-refractivity contribution in [2.75, 3.05) is 54.4 Å². The molecule has 5 rings (SSSR count). The van der Waals surface area contributed by atoms with Gasteiger partial charge in [-0.2, -0.15) is 0 Å². The molecule has 0 bridgehead atoms. The Bertz CT molecular complexity index is 1300. The summed E-state index contributed by atoms with van der Waals surface area (Å²) in [6, 6.07) is 5.04. The van der Waals surface area contributed by atoms with E-state index in [9.17, 15) is 14.3 Å². The Morgan fingerprint density at radius 2 is 1.82 bits per heavy atom. The zero-order valence-electron chi connectivity index (χ0n) is 22.8.